The molecule has 0 N–H and O–H groups in total. The minimum atomic E-state index is -0.206. The van der Waals surface area contributed by atoms with Crippen molar-refractivity contribution in [3.05, 3.63) is 23.4 Å². The van der Waals surface area contributed by atoms with Crippen molar-refractivity contribution in [2.75, 3.05) is 20.2 Å². The first-order valence-corrected chi connectivity index (χ1v) is 5.06. The number of esters is 1. The number of allylic oxidation sites excluding steroid dienone is 1. The third-order valence-electron chi connectivity index (χ3n) is 2.80. The molecule has 2 aliphatic heterocycles. The minimum absolute atomic E-state index is 0.206. The second-order valence-electron chi connectivity index (χ2n) is 3.66. The number of nitrogens with zero attached hydrogens (tertiary/aromatic N) is 1. The number of hydrogen-bond acceptors (Lipinski definition) is 3. The van der Waals surface area contributed by atoms with Crippen molar-refractivity contribution in [2.24, 2.45) is 0 Å². The predicted molar refractivity (Wildman–Crippen MR) is 53.6 cm³/mol. The molecule has 1 fully saturated rings. The van der Waals surface area contributed by atoms with E-state index in [0.717, 1.165) is 25.1 Å². The SMILES string of the molecule is COC(=O)C1=C2CCCCN2CC=C1. The molecular formula is C11H15NO2. The van der Waals surface area contributed by atoms with Gasteiger partial charge in [-0.25, -0.2) is 4.79 Å². The zero-order valence-electron chi connectivity index (χ0n) is 8.45. The maximum absolute atomic E-state index is 11.5. The first-order chi connectivity index (χ1) is 6.83. The molecule has 0 bridgehead atoms. The van der Waals surface area contributed by atoms with Gasteiger partial charge in [0.2, 0.25) is 0 Å². The Morgan fingerprint density at radius 3 is 3.14 bits per heavy atom. The first-order valence-electron chi connectivity index (χ1n) is 5.06. The Morgan fingerprint density at radius 2 is 2.36 bits per heavy atom. The Bertz CT molecular complexity index is 304. The summed E-state index contributed by atoms with van der Waals surface area (Å²) in [5.41, 5.74) is 1.92. The molecule has 14 heavy (non-hydrogen) atoms. The average molecular weight is 193 g/mol. The van der Waals surface area contributed by atoms with Crippen LogP contribution in [0.1, 0.15) is 19.3 Å². The molecule has 2 aliphatic rings. The maximum Gasteiger partial charge on any atom is 0.339 e. The van der Waals surface area contributed by atoms with Gasteiger partial charge >= 0.3 is 5.97 Å². The van der Waals surface area contributed by atoms with Crippen molar-refractivity contribution in [3.63, 3.8) is 0 Å². The van der Waals surface area contributed by atoms with Crippen LogP contribution in [-0.4, -0.2) is 31.1 Å². The van der Waals surface area contributed by atoms with Crippen LogP contribution in [0.2, 0.25) is 0 Å². The van der Waals surface area contributed by atoms with Gasteiger partial charge in [-0.1, -0.05) is 6.08 Å². The molecule has 0 aliphatic carbocycles. The fourth-order valence-electron chi connectivity index (χ4n) is 2.08. The molecule has 0 radical (unpaired) electrons. The third-order valence-corrected chi connectivity index (χ3v) is 2.80. The van der Waals surface area contributed by atoms with Crippen molar-refractivity contribution >= 4 is 5.97 Å². The van der Waals surface area contributed by atoms with Gasteiger partial charge in [0.25, 0.3) is 0 Å². The van der Waals surface area contributed by atoms with E-state index in [2.05, 4.69) is 4.90 Å². The highest BCUT2D eigenvalue weighted by atomic mass is 16.5. The molecule has 0 saturated carbocycles. The highest BCUT2D eigenvalue weighted by Gasteiger charge is 2.23. The van der Waals surface area contributed by atoms with Gasteiger partial charge in [-0.15, -0.1) is 0 Å². The molecule has 0 aromatic heterocycles. The fraction of sp³-hybridized carbons (Fsp3) is 0.545. The van der Waals surface area contributed by atoms with Crippen LogP contribution < -0.4 is 0 Å². The van der Waals surface area contributed by atoms with Gasteiger partial charge in [0.15, 0.2) is 0 Å². The lowest BCUT2D eigenvalue weighted by Crippen LogP contribution is -2.32. The lowest BCUT2D eigenvalue weighted by Gasteiger charge is -2.34. The van der Waals surface area contributed by atoms with Gasteiger partial charge in [-0.3, -0.25) is 0 Å². The Morgan fingerprint density at radius 1 is 1.50 bits per heavy atom. The number of carbonyl (C=O) groups is 1. The third kappa shape index (κ3) is 1.54. The van der Waals surface area contributed by atoms with Gasteiger partial charge in [-0.2, -0.15) is 0 Å². The number of fused-ring (bicyclic) bond motifs is 1. The average Bonchev–Trinajstić information content (AvgIpc) is 2.27. The summed E-state index contributed by atoms with van der Waals surface area (Å²) in [6, 6.07) is 0. The normalized spacial score (nSPS) is 20.8. The number of methoxy groups -OCH3 is 1. The van der Waals surface area contributed by atoms with Gasteiger partial charge in [0.05, 0.1) is 12.7 Å². The number of rotatable bonds is 1. The quantitative estimate of drug-likeness (QED) is 0.591. The summed E-state index contributed by atoms with van der Waals surface area (Å²) in [6.07, 6.45) is 7.34. The van der Waals surface area contributed by atoms with E-state index in [1.807, 2.05) is 12.2 Å². The topological polar surface area (TPSA) is 29.5 Å². The van der Waals surface area contributed by atoms with Crippen molar-refractivity contribution in [1.82, 2.24) is 4.90 Å². The molecule has 0 unspecified atom stereocenters. The van der Waals surface area contributed by atoms with Gasteiger partial charge < -0.3 is 9.64 Å². The van der Waals surface area contributed by atoms with Crippen LogP contribution in [0.5, 0.6) is 0 Å². The highest BCUT2D eigenvalue weighted by Crippen LogP contribution is 2.27. The molecule has 76 valence electrons. The zero-order chi connectivity index (χ0) is 9.97. The molecule has 0 atom stereocenters. The Hall–Kier alpha value is -1.25. The van der Waals surface area contributed by atoms with Crippen LogP contribution in [0.15, 0.2) is 23.4 Å². The Kier molecular flexibility index (Phi) is 2.57. The standard InChI is InChI=1S/C11H15NO2/c1-14-11(13)9-5-4-8-12-7-3-2-6-10(9)12/h4-5H,2-3,6-8H2,1H3. The minimum Gasteiger partial charge on any atom is -0.465 e. The van der Waals surface area contributed by atoms with E-state index in [1.165, 1.54) is 25.6 Å². The van der Waals surface area contributed by atoms with E-state index in [4.69, 9.17) is 4.74 Å². The molecule has 0 aromatic rings. The number of carbonyl (C=O) groups excluding carboxylic acids is 1. The van der Waals surface area contributed by atoms with E-state index in [0.29, 0.717) is 0 Å². The summed E-state index contributed by atoms with van der Waals surface area (Å²) in [5, 5.41) is 0. The summed E-state index contributed by atoms with van der Waals surface area (Å²) in [4.78, 5) is 13.7. The van der Waals surface area contributed by atoms with Gasteiger partial charge in [0.1, 0.15) is 0 Å². The van der Waals surface area contributed by atoms with E-state index >= 15 is 0 Å². The predicted octanol–water partition coefficient (Wildman–Crippen LogP) is 1.47. The molecular weight excluding hydrogens is 178 g/mol. The Labute approximate surface area is 84.0 Å². The van der Waals surface area contributed by atoms with E-state index in [1.54, 1.807) is 0 Å². The van der Waals surface area contributed by atoms with Crippen molar-refractivity contribution < 1.29 is 9.53 Å². The summed E-state index contributed by atoms with van der Waals surface area (Å²) in [7, 11) is 1.44. The first kappa shape index (κ1) is 9.31. The van der Waals surface area contributed by atoms with Crippen LogP contribution in [-0.2, 0) is 9.53 Å². The van der Waals surface area contributed by atoms with E-state index in [-0.39, 0.29) is 5.97 Å². The van der Waals surface area contributed by atoms with Crippen molar-refractivity contribution in [1.29, 1.82) is 0 Å². The summed E-state index contributed by atoms with van der Waals surface area (Å²) in [5.74, 6) is -0.206. The summed E-state index contributed by atoms with van der Waals surface area (Å²) in [6.45, 7) is 2.01. The molecule has 2 rings (SSSR count). The van der Waals surface area contributed by atoms with Crippen LogP contribution in [0.4, 0.5) is 0 Å². The monoisotopic (exact) mass is 193 g/mol. The zero-order valence-corrected chi connectivity index (χ0v) is 8.45. The van der Waals surface area contributed by atoms with E-state index in [9.17, 15) is 4.79 Å². The van der Waals surface area contributed by atoms with E-state index < -0.39 is 0 Å². The molecule has 3 nitrogen and oxygen atoms in total. The van der Waals surface area contributed by atoms with Crippen LogP contribution >= 0.6 is 0 Å². The lowest BCUT2D eigenvalue weighted by atomic mass is 9.99. The fourth-order valence-corrected chi connectivity index (χ4v) is 2.08. The second kappa shape index (κ2) is 3.86. The number of piperidine rings is 1. The van der Waals surface area contributed by atoms with Crippen molar-refractivity contribution in [2.45, 2.75) is 19.3 Å². The van der Waals surface area contributed by atoms with Crippen molar-refractivity contribution in [3.8, 4) is 0 Å². The van der Waals surface area contributed by atoms with Crippen LogP contribution in [0.25, 0.3) is 0 Å². The molecule has 0 spiro atoms. The molecule has 3 heteroatoms. The van der Waals surface area contributed by atoms with Gasteiger partial charge in [0, 0.05) is 18.8 Å². The molecule has 1 saturated heterocycles. The largest absolute Gasteiger partial charge is 0.465 e. The van der Waals surface area contributed by atoms with Crippen LogP contribution in [0.3, 0.4) is 0 Å². The van der Waals surface area contributed by atoms with Gasteiger partial charge in [-0.05, 0) is 25.3 Å². The van der Waals surface area contributed by atoms with Crippen LogP contribution in [0, 0.1) is 0 Å². The summed E-state index contributed by atoms with van der Waals surface area (Å²) < 4.78 is 4.76. The number of ether oxygens (including phenoxy) is 1. The lowest BCUT2D eigenvalue weighted by molar-refractivity contribution is -0.135. The molecule has 0 aromatic carbocycles. The Balaban J connectivity index is 2.29. The maximum atomic E-state index is 11.5. The highest BCUT2D eigenvalue weighted by molar-refractivity contribution is 5.92. The summed E-state index contributed by atoms with van der Waals surface area (Å²) >= 11 is 0. The molecule has 2 heterocycles. The number of hydrogen-bond donors (Lipinski definition) is 0. The second-order valence-corrected chi connectivity index (χ2v) is 3.66. The molecule has 0 amide bonds. The smallest absolute Gasteiger partial charge is 0.339 e.